The summed E-state index contributed by atoms with van der Waals surface area (Å²) in [4.78, 5) is 12.4. The minimum Gasteiger partial charge on any atom is -0.371 e. The Morgan fingerprint density at radius 2 is 1.94 bits per heavy atom. The molecule has 0 amide bonds. The number of ether oxygens (including phenoxy) is 1. The third-order valence-electron chi connectivity index (χ3n) is 4.24. The van der Waals surface area contributed by atoms with Crippen molar-refractivity contribution in [3.63, 3.8) is 0 Å². The van der Waals surface area contributed by atoms with E-state index in [1.807, 2.05) is 6.92 Å². The Morgan fingerprint density at radius 1 is 1.24 bits per heavy atom. The number of hydrogen-bond acceptors (Lipinski definition) is 2. The predicted octanol–water partition coefficient (Wildman–Crippen LogP) is 3.83. The van der Waals surface area contributed by atoms with Crippen molar-refractivity contribution >= 4 is 5.78 Å². The maximum Gasteiger partial charge on any atom is 0.164 e. The van der Waals surface area contributed by atoms with Crippen LogP contribution in [-0.4, -0.2) is 18.5 Å². The van der Waals surface area contributed by atoms with Gasteiger partial charge in [-0.25, -0.2) is 0 Å². The summed E-state index contributed by atoms with van der Waals surface area (Å²) in [5, 5.41) is 0. The first-order valence-corrected chi connectivity index (χ1v) is 7.25. The molecule has 1 saturated carbocycles. The van der Waals surface area contributed by atoms with Crippen LogP contribution in [-0.2, 0) is 9.53 Å². The van der Waals surface area contributed by atoms with Crippen LogP contribution in [0, 0.1) is 17.8 Å². The highest BCUT2D eigenvalue weighted by atomic mass is 16.5. The monoisotopic (exact) mass is 240 g/mol. The van der Waals surface area contributed by atoms with E-state index < -0.39 is 0 Å². The first-order valence-electron chi connectivity index (χ1n) is 7.25. The van der Waals surface area contributed by atoms with E-state index in [2.05, 4.69) is 20.8 Å². The maximum atomic E-state index is 12.4. The number of rotatable bonds is 6. The Hall–Kier alpha value is -0.370. The predicted molar refractivity (Wildman–Crippen MR) is 71.0 cm³/mol. The summed E-state index contributed by atoms with van der Waals surface area (Å²) in [6.07, 6.45) is 5.09. The topological polar surface area (TPSA) is 26.3 Å². The number of carbonyl (C=O) groups is 1. The van der Waals surface area contributed by atoms with Crippen LogP contribution in [0.5, 0.6) is 0 Å². The zero-order valence-electron chi connectivity index (χ0n) is 11.9. The minimum atomic E-state index is -0.143. The zero-order valence-corrected chi connectivity index (χ0v) is 11.9. The summed E-state index contributed by atoms with van der Waals surface area (Å²) in [7, 11) is 0. The average molecular weight is 240 g/mol. The highest BCUT2D eigenvalue weighted by Crippen LogP contribution is 2.34. The summed E-state index contributed by atoms with van der Waals surface area (Å²) in [5.41, 5.74) is 0. The molecular formula is C15H28O2. The van der Waals surface area contributed by atoms with Gasteiger partial charge in [0.05, 0.1) is 0 Å². The highest BCUT2D eigenvalue weighted by molar-refractivity contribution is 5.85. The Labute approximate surface area is 106 Å². The Balaban J connectivity index is 2.55. The molecule has 100 valence electrons. The quantitative estimate of drug-likeness (QED) is 0.705. The van der Waals surface area contributed by atoms with Crippen LogP contribution in [0.4, 0.5) is 0 Å². The van der Waals surface area contributed by atoms with Gasteiger partial charge in [0, 0.05) is 12.5 Å². The van der Waals surface area contributed by atoms with E-state index in [-0.39, 0.29) is 12.0 Å². The summed E-state index contributed by atoms with van der Waals surface area (Å²) in [6, 6.07) is 0. The molecule has 0 aromatic rings. The van der Waals surface area contributed by atoms with Gasteiger partial charge in [0.15, 0.2) is 5.78 Å². The van der Waals surface area contributed by atoms with Gasteiger partial charge < -0.3 is 4.74 Å². The molecular weight excluding hydrogens is 212 g/mol. The van der Waals surface area contributed by atoms with Crippen molar-refractivity contribution in [3.05, 3.63) is 0 Å². The van der Waals surface area contributed by atoms with E-state index in [4.69, 9.17) is 4.74 Å². The molecule has 17 heavy (non-hydrogen) atoms. The summed E-state index contributed by atoms with van der Waals surface area (Å²) in [6.45, 7) is 9.32. The molecule has 0 heterocycles. The van der Waals surface area contributed by atoms with Crippen molar-refractivity contribution in [1.29, 1.82) is 0 Å². The van der Waals surface area contributed by atoms with E-state index >= 15 is 0 Å². The van der Waals surface area contributed by atoms with Crippen LogP contribution in [0.15, 0.2) is 0 Å². The van der Waals surface area contributed by atoms with Crippen molar-refractivity contribution < 1.29 is 9.53 Å². The molecule has 1 rings (SSSR count). The van der Waals surface area contributed by atoms with Gasteiger partial charge in [-0.1, -0.05) is 27.2 Å². The van der Waals surface area contributed by atoms with E-state index in [9.17, 15) is 4.79 Å². The van der Waals surface area contributed by atoms with Gasteiger partial charge in [0.25, 0.3) is 0 Å². The minimum absolute atomic E-state index is 0.143. The third kappa shape index (κ3) is 4.09. The van der Waals surface area contributed by atoms with Crippen molar-refractivity contribution in [2.45, 2.75) is 65.9 Å². The smallest absolute Gasteiger partial charge is 0.164 e. The normalized spacial score (nSPS) is 31.2. The molecule has 0 N–H and O–H groups in total. The standard InChI is InChI=1S/C15H28O2/c1-5-7-14(17-6-2)15(16)13-9-8-11(3)12(4)10-13/h11-14H,5-10H2,1-4H3. The van der Waals surface area contributed by atoms with Gasteiger partial charge >= 0.3 is 0 Å². The van der Waals surface area contributed by atoms with Gasteiger partial charge in [0.2, 0.25) is 0 Å². The van der Waals surface area contributed by atoms with E-state index in [0.717, 1.165) is 31.6 Å². The third-order valence-corrected chi connectivity index (χ3v) is 4.24. The van der Waals surface area contributed by atoms with Crippen LogP contribution in [0.1, 0.15) is 59.8 Å². The van der Waals surface area contributed by atoms with Crippen molar-refractivity contribution in [1.82, 2.24) is 0 Å². The maximum absolute atomic E-state index is 12.4. The van der Waals surface area contributed by atoms with Gasteiger partial charge in [-0.3, -0.25) is 4.79 Å². The van der Waals surface area contributed by atoms with Gasteiger partial charge in [-0.15, -0.1) is 0 Å². The Kier molecular flexibility index (Phi) is 6.18. The Bertz CT molecular complexity index is 231. The Morgan fingerprint density at radius 3 is 2.47 bits per heavy atom. The number of ketones is 1. The van der Waals surface area contributed by atoms with Crippen molar-refractivity contribution in [2.75, 3.05) is 6.61 Å². The molecule has 4 unspecified atom stereocenters. The molecule has 1 fully saturated rings. The van der Waals surface area contributed by atoms with Crippen molar-refractivity contribution in [2.24, 2.45) is 17.8 Å². The average Bonchev–Trinajstić information content (AvgIpc) is 2.31. The van der Waals surface area contributed by atoms with Crippen LogP contribution in [0.25, 0.3) is 0 Å². The van der Waals surface area contributed by atoms with Gasteiger partial charge in [0.1, 0.15) is 6.10 Å². The van der Waals surface area contributed by atoms with Crippen LogP contribution in [0.2, 0.25) is 0 Å². The fourth-order valence-corrected chi connectivity index (χ4v) is 2.84. The summed E-state index contributed by atoms with van der Waals surface area (Å²) in [5.74, 6) is 2.08. The molecule has 0 aromatic carbocycles. The second kappa shape index (κ2) is 7.15. The summed E-state index contributed by atoms with van der Waals surface area (Å²) >= 11 is 0. The first-order chi connectivity index (χ1) is 8.10. The molecule has 4 atom stereocenters. The fourth-order valence-electron chi connectivity index (χ4n) is 2.84. The van der Waals surface area contributed by atoms with E-state index in [1.165, 1.54) is 6.42 Å². The SMILES string of the molecule is CCCC(OCC)C(=O)C1CCC(C)C(C)C1. The lowest BCUT2D eigenvalue weighted by Crippen LogP contribution is -2.35. The fraction of sp³-hybridized carbons (Fsp3) is 0.933. The van der Waals surface area contributed by atoms with Crippen molar-refractivity contribution in [3.8, 4) is 0 Å². The van der Waals surface area contributed by atoms with Crippen LogP contribution < -0.4 is 0 Å². The van der Waals surface area contributed by atoms with Gasteiger partial charge in [-0.2, -0.15) is 0 Å². The number of hydrogen-bond donors (Lipinski definition) is 0. The second-order valence-corrected chi connectivity index (χ2v) is 5.60. The molecule has 0 saturated heterocycles. The molecule has 0 bridgehead atoms. The lowest BCUT2D eigenvalue weighted by atomic mass is 9.73. The lowest BCUT2D eigenvalue weighted by molar-refractivity contribution is -0.136. The van der Waals surface area contributed by atoms with Crippen LogP contribution >= 0.6 is 0 Å². The molecule has 0 spiro atoms. The highest BCUT2D eigenvalue weighted by Gasteiger charge is 2.32. The molecule has 1 aliphatic rings. The van der Waals surface area contributed by atoms with E-state index in [1.54, 1.807) is 0 Å². The molecule has 2 heteroatoms. The lowest BCUT2D eigenvalue weighted by Gasteiger charge is -2.32. The zero-order chi connectivity index (χ0) is 12.8. The largest absolute Gasteiger partial charge is 0.371 e. The molecule has 2 nitrogen and oxygen atoms in total. The molecule has 0 aromatic heterocycles. The number of carbonyl (C=O) groups excluding carboxylic acids is 1. The first kappa shape index (κ1) is 14.7. The second-order valence-electron chi connectivity index (χ2n) is 5.60. The van der Waals surface area contributed by atoms with E-state index in [0.29, 0.717) is 18.3 Å². The number of Topliss-reactive ketones (excluding diaryl/α,β-unsaturated/α-hetero) is 1. The molecule has 0 aliphatic heterocycles. The molecule has 0 radical (unpaired) electrons. The van der Waals surface area contributed by atoms with Gasteiger partial charge in [-0.05, 0) is 44.4 Å². The molecule has 1 aliphatic carbocycles. The summed E-state index contributed by atoms with van der Waals surface area (Å²) < 4.78 is 5.61. The van der Waals surface area contributed by atoms with Crippen LogP contribution in [0.3, 0.4) is 0 Å².